The van der Waals surface area contributed by atoms with Gasteiger partial charge in [-0.25, -0.2) is 5.43 Å². The van der Waals surface area contributed by atoms with Crippen LogP contribution < -0.4 is 10.2 Å². The van der Waals surface area contributed by atoms with Crippen LogP contribution in [-0.2, 0) is 0 Å². The van der Waals surface area contributed by atoms with Crippen LogP contribution in [0.5, 0.6) is 5.75 Å². The second-order valence-electron chi connectivity index (χ2n) is 4.28. The summed E-state index contributed by atoms with van der Waals surface area (Å²) in [4.78, 5) is 12.1. The van der Waals surface area contributed by atoms with Gasteiger partial charge in [-0.05, 0) is 35.9 Å². The van der Waals surface area contributed by atoms with E-state index in [1.54, 1.807) is 42.5 Å². The minimum absolute atomic E-state index is 0.372. The number of hydrogen-bond acceptors (Lipinski definition) is 4. The minimum Gasteiger partial charge on any atom is -0.496 e. The van der Waals surface area contributed by atoms with Gasteiger partial charge in [0.05, 0.1) is 30.5 Å². The highest BCUT2D eigenvalue weighted by Gasteiger charge is 2.11. The van der Waals surface area contributed by atoms with Crippen molar-refractivity contribution in [2.24, 2.45) is 5.10 Å². The highest BCUT2D eigenvalue weighted by Crippen LogP contribution is 2.22. The number of halogens is 1. The largest absolute Gasteiger partial charge is 0.496 e. The molecule has 1 N–H and O–H groups in total. The highest BCUT2D eigenvalue weighted by atomic mass is 79.9. The molecule has 0 bridgehead atoms. The van der Waals surface area contributed by atoms with Gasteiger partial charge >= 0.3 is 0 Å². The number of nitrogens with zero attached hydrogens (tertiary/aromatic N) is 2. The van der Waals surface area contributed by atoms with Crippen LogP contribution in [0.3, 0.4) is 0 Å². The summed E-state index contributed by atoms with van der Waals surface area (Å²) in [5, 5.41) is 12.6. The van der Waals surface area contributed by atoms with E-state index in [1.165, 1.54) is 13.3 Å². The number of hydrogen-bond donors (Lipinski definition) is 1. The predicted molar refractivity (Wildman–Crippen MR) is 86.9 cm³/mol. The summed E-state index contributed by atoms with van der Waals surface area (Å²) >= 11 is 3.31. The molecule has 0 aliphatic carbocycles. The molecule has 0 saturated carbocycles. The molecule has 0 heterocycles. The fourth-order valence-electron chi connectivity index (χ4n) is 1.73. The molecule has 2 rings (SSSR count). The Morgan fingerprint density at radius 1 is 1.32 bits per heavy atom. The first-order valence-corrected chi connectivity index (χ1v) is 7.10. The normalized spacial score (nSPS) is 10.2. The molecule has 0 spiro atoms. The number of amides is 1. The Balaban J connectivity index is 2.07. The van der Waals surface area contributed by atoms with E-state index in [2.05, 4.69) is 26.5 Å². The lowest BCUT2D eigenvalue weighted by Crippen LogP contribution is -2.18. The van der Waals surface area contributed by atoms with Crippen LogP contribution in [0.4, 0.5) is 0 Å². The lowest BCUT2D eigenvalue weighted by molar-refractivity contribution is 0.0952. The fourth-order valence-corrected chi connectivity index (χ4v) is 2.09. The Labute approximate surface area is 136 Å². The predicted octanol–water partition coefficient (Wildman–Crippen LogP) is 3.09. The molecule has 6 heteroatoms. The summed E-state index contributed by atoms with van der Waals surface area (Å²) in [5.41, 5.74) is 4.17. The average molecular weight is 358 g/mol. The summed E-state index contributed by atoms with van der Waals surface area (Å²) in [6.45, 7) is 0. The number of benzene rings is 2. The average Bonchev–Trinajstić information content (AvgIpc) is 2.55. The molecule has 1 amide bonds. The summed E-state index contributed by atoms with van der Waals surface area (Å²) in [6.07, 6.45) is 1.50. The zero-order valence-corrected chi connectivity index (χ0v) is 13.3. The molecule has 0 aromatic heterocycles. The van der Waals surface area contributed by atoms with Gasteiger partial charge in [0.1, 0.15) is 5.75 Å². The number of carbonyl (C=O) groups excluding carboxylic acids is 1. The van der Waals surface area contributed by atoms with Gasteiger partial charge in [0.15, 0.2) is 0 Å². The third-order valence-corrected chi connectivity index (χ3v) is 3.32. The van der Waals surface area contributed by atoms with Crippen LogP contribution >= 0.6 is 15.9 Å². The van der Waals surface area contributed by atoms with E-state index in [0.717, 1.165) is 10.0 Å². The molecular formula is C16H12BrN3O2. The van der Waals surface area contributed by atoms with Crippen molar-refractivity contribution >= 4 is 28.1 Å². The minimum atomic E-state index is -0.372. The number of rotatable bonds is 4. The van der Waals surface area contributed by atoms with E-state index in [1.807, 2.05) is 6.07 Å². The quantitative estimate of drug-likeness (QED) is 0.674. The number of ether oxygens (including phenoxy) is 1. The van der Waals surface area contributed by atoms with Crippen LogP contribution in [0.25, 0.3) is 0 Å². The van der Waals surface area contributed by atoms with E-state index in [-0.39, 0.29) is 5.91 Å². The van der Waals surface area contributed by atoms with E-state index in [0.29, 0.717) is 16.9 Å². The molecule has 0 aliphatic heterocycles. The van der Waals surface area contributed by atoms with Crippen molar-refractivity contribution in [2.45, 2.75) is 0 Å². The van der Waals surface area contributed by atoms with Gasteiger partial charge < -0.3 is 4.74 Å². The lowest BCUT2D eigenvalue weighted by atomic mass is 10.2. The summed E-state index contributed by atoms with van der Waals surface area (Å²) in [6, 6.07) is 14.0. The highest BCUT2D eigenvalue weighted by molar-refractivity contribution is 9.10. The van der Waals surface area contributed by atoms with Gasteiger partial charge in [-0.1, -0.05) is 28.1 Å². The molecule has 0 fully saturated rings. The first-order valence-electron chi connectivity index (χ1n) is 6.31. The van der Waals surface area contributed by atoms with Crippen molar-refractivity contribution < 1.29 is 9.53 Å². The van der Waals surface area contributed by atoms with Gasteiger partial charge in [-0.15, -0.1) is 0 Å². The van der Waals surface area contributed by atoms with Gasteiger partial charge in [-0.3, -0.25) is 4.79 Å². The molecule has 0 aliphatic rings. The first-order chi connectivity index (χ1) is 10.6. The zero-order chi connectivity index (χ0) is 15.9. The monoisotopic (exact) mass is 357 g/mol. The Hall–Kier alpha value is -2.65. The van der Waals surface area contributed by atoms with Crippen molar-refractivity contribution in [3.8, 4) is 11.8 Å². The van der Waals surface area contributed by atoms with Crippen LogP contribution in [0.2, 0.25) is 0 Å². The second-order valence-corrected chi connectivity index (χ2v) is 5.19. The van der Waals surface area contributed by atoms with E-state index in [9.17, 15) is 4.79 Å². The van der Waals surface area contributed by atoms with Crippen molar-refractivity contribution in [1.82, 2.24) is 5.43 Å². The number of nitriles is 1. The summed E-state index contributed by atoms with van der Waals surface area (Å²) in [7, 11) is 1.50. The van der Waals surface area contributed by atoms with Crippen LogP contribution in [-0.4, -0.2) is 19.2 Å². The Kier molecular flexibility index (Phi) is 5.28. The van der Waals surface area contributed by atoms with E-state index in [4.69, 9.17) is 10.00 Å². The molecule has 110 valence electrons. The first kappa shape index (κ1) is 15.7. The number of hydrazone groups is 1. The third-order valence-electron chi connectivity index (χ3n) is 2.83. The summed E-state index contributed by atoms with van der Waals surface area (Å²) < 4.78 is 5.92. The third kappa shape index (κ3) is 3.93. The van der Waals surface area contributed by atoms with Crippen LogP contribution in [0.15, 0.2) is 52.0 Å². The molecule has 22 heavy (non-hydrogen) atoms. The molecule has 5 nitrogen and oxygen atoms in total. The standard InChI is InChI=1S/C16H12BrN3O2/c1-22-15-7-6-13(17)8-14(15)16(21)20-19-10-12-4-2-11(9-18)3-5-12/h2-8,10H,1H3,(H,20,21)/b19-10-. The fraction of sp³-hybridized carbons (Fsp3) is 0.0625. The second kappa shape index (κ2) is 7.38. The van der Waals surface area contributed by atoms with Gasteiger partial charge in [0.2, 0.25) is 0 Å². The van der Waals surface area contributed by atoms with Gasteiger partial charge in [0.25, 0.3) is 5.91 Å². The molecule has 2 aromatic rings. The Bertz CT molecular complexity index is 749. The Morgan fingerprint density at radius 3 is 2.68 bits per heavy atom. The number of carbonyl (C=O) groups is 1. The maximum absolute atomic E-state index is 12.1. The summed E-state index contributed by atoms with van der Waals surface area (Å²) in [5.74, 6) is 0.0947. The molecule has 0 unspecified atom stereocenters. The maximum Gasteiger partial charge on any atom is 0.275 e. The molecule has 0 saturated heterocycles. The van der Waals surface area contributed by atoms with Gasteiger partial charge in [0, 0.05) is 4.47 Å². The smallest absolute Gasteiger partial charge is 0.275 e. The molecule has 2 aromatic carbocycles. The number of nitrogens with one attached hydrogen (secondary N) is 1. The topological polar surface area (TPSA) is 74.5 Å². The lowest BCUT2D eigenvalue weighted by Gasteiger charge is -2.07. The molecular weight excluding hydrogens is 346 g/mol. The van der Waals surface area contributed by atoms with Crippen LogP contribution in [0, 0.1) is 11.3 Å². The Morgan fingerprint density at radius 2 is 2.05 bits per heavy atom. The van der Waals surface area contributed by atoms with E-state index < -0.39 is 0 Å². The van der Waals surface area contributed by atoms with Crippen molar-refractivity contribution in [1.29, 1.82) is 5.26 Å². The number of methoxy groups -OCH3 is 1. The molecule has 0 radical (unpaired) electrons. The van der Waals surface area contributed by atoms with E-state index >= 15 is 0 Å². The van der Waals surface area contributed by atoms with Crippen molar-refractivity contribution in [2.75, 3.05) is 7.11 Å². The van der Waals surface area contributed by atoms with Crippen molar-refractivity contribution in [3.05, 3.63) is 63.6 Å². The molecule has 0 atom stereocenters. The zero-order valence-electron chi connectivity index (χ0n) is 11.7. The SMILES string of the molecule is COc1ccc(Br)cc1C(=O)N/N=C\c1ccc(C#N)cc1. The van der Waals surface area contributed by atoms with Gasteiger partial charge in [-0.2, -0.15) is 10.4 Å². The van der Waals surface area contributed by atoms with Crippen molar-refractivity contribution in [3.63, 3.8) is 0 Å². The maximum atomic E-state index is 12.1. The van der Waals surface area contributed by atoms with Crippen LogP contribution in [0.1, 0.15) is 21.5 Å².